The van der Waals surface area contributed by atoms with Gasteiger partial charge in [0.25, 0.3) is 0 Å². The smallest absolute Gasteiger partial charge is 0.222 e. The van der Waals surface area contributed by atoms with E-state index < -0.39 is 0 Å². The Morgan fingerprint density at radius 1 is 1.30 bits per heavy atom. The first-order valence-electron chi connectivity index (χ1n) is 7.02. The fourth-order valence-electron chi connectivity index (χ4n) is 2.14. The number of rotatable bonds is 2. The summed E-state index contributed by atoms with van der Waals surface area (Å²) >= 11 is 0. The fraction of sp³-hybridized carbons (Fsp3) is 0.500. The Balaban J connectivity index is 2.45. The lowest BCUT2D eigenvalue weighted by Gasteiger charge is -2.16. The average Bonchev–Trinajstić information content (AvgIpc) is 2.73. The van der Waals surface area contributed by atoms with Crippen molar-refractivity contribution in [3.63, 3.8) is 0 Å². The molecular weight excluding hydrogens is 250 g/mol. The predicted molar refractivity (Wildman–Crippen MR) is 82.5 cm³/mol. The summed E-state index contributed by atoms with van der Waals surface area (Å²) in [6.45, 7) is 10.0. The number of carbonyl (C=O) groups excluding carboxylic acids is 1. The van der Waals surface area contributed by atoms with Crippen LogP contribution in [0.1, 0.15) is 53.2 Å². The van der Waals surface area contributed by atoms with Crippen LogP contribution < -0.4 is 5.32 Å². The van der Waals surface area contributed by atoms with E-state index >= 15 is 0 Å². The van der Waals surface area contributed by atoms with Crippen LogP contribution in [0.25, 0.3) is 5.70 Å². The molecule has 1 aromatic rings. The van der Waals surface area contributed by atoms with Crippen molar-refractivity contribution in [2.45, 2.75) is 52.9 Å². The molecule has 2 rings (SSSR count). The highest BCUT2D eigenvalue weighted by Gasteiger charge is 2.22. The molecule has 1 aliphatic carbocycles. The lowest BCUT2D eigenvalue weighted by molar-refractivity contribution is -0.114. The second-order valence-electron chi connectivity index (χ2n) is 6.43. The van der Waals surface area contributed by atoms with Crippen molar-refractivity contribution in [3.8, 4) is 0 Å². The molecule has 0 spiro atoms. The van der Waals surface area contributed by atoms with E-state index in [1.54, 1.807) is 0 Å². The van der Waals surface area contributed by atoms with Crippen LogP contribution in [0.3, 0.4) is 0 Å². The summed E-state index contributed by atoms with van der Waals surface area (Å²) in [5, 5.41) is 7.56. The number of allylic oxidation sites excluding steroid dienone is 4. The molecule has 0 atom stereocenters. The van der Waals surface area contributed by atoms with E-state index in [2.05, 4.69) is 50.3 Å². The highest BCUT2D eigenvalue weighted by atomic mass is 16.1. The van der Waals surface area contributed by atoms with E-state index in [0.717, 1.165) is 30.1 Å². The van der Waals surface area contributed by atoms with Crippen molar-refractivity contribution in [1.29, 1.82) is 0 Å². The van der Waals surface area contributed by atoms with Crippen LogP contribution >= 0.6 is 0 Å². The van der Waals surface area contributed by atoms with Gasteiger partial charge in [-0.1, -0.05) is 32.4 Å². The zero-order valence-corrected chi connectivity index (χ0v) is 12.9. The van der Waals surface area contributed by atoms with Crippen molar-refractivity contribution < 1.29 is 4.79 Å². The molecule has 1 aromatic heterocycles. The maximum absolute atomic E-state index is 11.4. The minimum absolute atomic E-state index is 0.0422. The van der Waals surface area contributed by atoms with E-state index in [-0.39, 0.29) is 11.3 Å². The van der Waals surface area contributed by atoms with Gasteiger partial charge in [0, 0.05) is 24.1 Å². The summed E-state index contributed by atoms with van der Waals surface area (Å²) in [6.07, 6.45) is 6.19. The molecule has 0 saturated carbocycles. The van der Waals surface area contributed by atoms with Gasteiger partial charge in [0.1, 0.15) is 5.82 Å². The van der Waals surface area contributed by atoms with Crippen LogP contribution in [0.2, 0.25) is 0 Å². The van der Waals surface area contributed by atoms with Crippen LogP contribution in [0, 0.1) is 0 Å². The molecule has 0 saturated heterocycles. The molecule has 20 heavy (non-hydrogen) atoms. The summed E-state index contributed by atoms with van der Waals surface area (Å²) in [5.74, 6) is 0.677. The predicted octanol–water partition coefficient (Wildman–Crippen LogP) is 3.72. The number of nitrogens with one attached hydrogen (secondary N) is 1. The molecule has 0 aromatic carbocycles. The monoisotopic (exact) mass is 273 g/mol. The normalized spacial score (nSPS) is 15.7. The van der Waals surface area contributed by atoms with Crippen molar-refractivity contribution >= 4 is 17.4 Å². The Bertz CT molecular complexity index is 585. The average molecular weight is 273 g/mol. The lowest BCUT2D eigenvalue weighted by atomic mass is 9.92. The summed E-state index contributed by atoms with van der Waals surface area (Å²) in [5.41, 5.74) is 3.43. The Hall–Kier alpha value is -1.84. The SMILES string of the molecule is CC(=O)Nc1cc(C(C)(C)C)nn1C1=CC=C(C)CC1. The maximum atomic E-state index is 11.4. The molecule has 4 nitrogen and oxygen atoms in total. The lowest BCUT2D eigenvalue weighted by Crippen LogP contribution is -2.14. The zero-order valence-electron chi connectivity index (χ0n) is 12.9. The number of aromatic nitrogens is 2. The highest BCUT2D eigenvalue weighted by molar-refractivity contribution is 5.88. The summed E-state index contributed by atoms with van der Waals surface area (Å²) in [7, 11) is 0. The Morgan fingerprint density at radius 2 is 2.00 bits per heavy atom. The minimum atomic E-state index is -0.0743. The summed E-state index contributed by atoms with van der Waals surface area (Å²) < 4.78 is 1.87. The third-order valence-electron chi connectivity index (χ3n) is 3.39. The molecule has 4 heteroatoms. The molecule has 1 heterocycles. The number of nitrogens with zero attached hydrogens (tertiary/aromatic N) is 2. The number of anilines is 1. The van der Waals surface area contributed by atoms with Crippen LogP contribution in [0.4, 0.5) is 5.82 Å². The topological polar surface area (TPSA) is 46.9 Å². The van der Waals surface area contributed by atoms with Gasteiger partial charge in [0.15, 0.2) is 0 Å². The molecule has 0 radical (unpaired) electrons. The molecular formula is C16H23N3O. The molecule has 1 aliphatic rings. The third-order valence-corrected chi connectivity index (χ3v) is 3.39. The Labute approximate surface area is 120 Å². The van der Waals surface area contributed by atoms with Gasteiger partial charge >= 0.3 is 0 Å². The van der Waals surface area contributed by atoms with Crippen molar-refractivity contribution in [2.75, 3.05) is 5.32 Å². The number of hydrogen-bond acceptors (Lipinski definition) is 2. The van der Waals surface area contributed by atoms with Crippen LogP contribution in [-0.2, 0) is 10.2 Å². The fourth-order valence-corrected chi connectivity index (χ4v) is 2.14. The van der Waals surface area contributed by atoms with Gasteiger partial charge in [-0.25, -0.2) is 4.68 Å². The largest absolute Gasteiger partial charge is 0.311 e. The van der Waals surface area contributed by atoms with Crippen molar-refractivity contribution in [3.05, 3.63) is 29.5 Å². The van der Waals surface area contributed by atoms with E-state index in [4.69, 9.17) is 0 Å². The van der Waals surface area contributed by atoms with E-state index in [0.29, 0.717) is 0 Å². The van der Waals surface area contributed by atoms with Gasteiger partial charge in [0.05, 0.1) is 5.69 Å². The van der Waals surface area contributed by atoms with Gasteiger partial charge in [-0.05, 0) is 25.8 Å². The second kappa shape index (κ2) is 5.27. The molecule has 108 valence electrons. The molecule has 1 N–H and O–H groups in total. The van der Waals surface area contributed by atoms with Gasteiger partial charge < -0.3 is 5.32 Å². The quantitative estimate of drug-likeness (QED) is 0.892. The Kier molecular flexibility index (Phi) is 3.84. The van der Waals surface area contributed by atoms with E-state index in [1.807, 2.05) is 10.7 Å². The first kappa shape index (κ1) is 14.6. The van der Waals surface area contributed by atoms with Crippen molar-refractivity contribution in [2.24, 2.45) is 0 Å². The third kappa shape index (κ3) is 3.18. The van der Waals surface area contributed by atoms with Gasteiger partial charge in [-0.3, -0.25) is 4.79 Å². The molecule has 0 aliphatic heterocycles. The first-order chi connectivity index (χ1) is 9.27. The first-order valence-corrected chi connectivity index (χ1v) is 7.02. The Morgan fingerprint density at radius 3 is 2.50 bits per heavy atom. The van der Waals surface area contributed by atoms with Crippen LogP contribution in [0.5, 0.6) is 0 Å². The molecule has 0 fully saturated rings. The molecule has 1 amide bonds. The molecule has 0 bridgehead atoms. The number of carbonyl (C=O) groups is 1. The standard InChI is InChI=1S/C16H23N3O/c1-11-6-8-13(9-7-11)19-15(17-12(2)20)10-14(18-19)16(3,4)5/h6,8,10H,7,9H2,1-5H3,(H,17,20). The van der Waals surface area contributed by atoms with E-state index in [1.165, 1.54) is 12.5 Å². The number of amides is 1. The van der Waals surface area contributed by atoms with E-state index in [9.17, 15) is 4.79 Å². The van der Waals surface area contributed by atoms with Crippen molar-refractivity contribution in [1.82, 2.24) is 9.78 Å². The van der Waals surface area contributed by atoms with Gasteiger partial charge in [0.2, 0.25) is 5.91 Å². The van der Waals surface area contributed by atoms with Gasteiger partial charge in [-0.2, -0.15) is 5.10 Å². The summed E-state index contributed by atoms with van der Waals surface area (Å²) in [4.78, 5) is 11.4. The second-order valence-corrected chi connectivity index (χ2v) is 6.43. The maximum Gasteiger partial charge on any atom is 0.222 e. The van der Waals surface area contributed by atoms with Crippen LogP contribution in [-0.4, -0.2) is 15.7 Å². The number of hydrogen-bond donors (Lipinski definition) is 1. The summed E-state index contributed by atoms with van der Waals surface area (Å²) in [6, 6.07) is 1.97. The van der Waals surface area contributed by atoms with Crippen LogP contribution in [0.15, 0.2) is 23.8 Å². The minimum Gasteiger partial charge on any atom is -0.311 e. The zero-order chi connectivity index (χ0) is 14.9. The molecule has 0 unspecified atom stereocenters. The van der Waals surface area contributed by atoms with Gasteiger partial charge in [-0.15, -0.1) is 0 Å². The highest BCUT2D eigenvalue weighted by Crippen LogP contribution is 2.29.